The fourth-order valence-electron chi connectivity index (χ4n) is 2.96. The van der Waals surface area contributed by atoms with Crippen LogP contribution in [-0.4, -0.2) is 41.5 Å². The lowest BCUT2D eigenvalue weighted by atomic mass is 9.84. The molecule has 1 atom stereocenters. The maximum atomic E-state index is 12.1. The quantitative estimate of drug-likeness (QED) is 0.845. The molecule has 3 fully saturated rings. The van der Waals surface area contributed by atoms with Crippen molar-refractivity contribution in [2.45, 2.75) is 18.9 Å². The minimum Gasteiger partial charge on any atom is -0.356 e. The highest BCUT2D eigenvalue weighted by molar-refractivity contribution is 6.30. The van der Waals surface area contributed by atoms with E-state index in [9.17, 15) is 9.59 Å². The van der Waals surface area contributed by atoms with E-state index in [4.69, 9.17) is 11.6 Å². The molecule has 0 radical (unpaired) electrons. The molecule has 4 rings (SSSR count). The number of hydrogen-bond donors (Lipinski definition) is 2. The molecule has 0 spiro atoms. The summed E-state index contributed by atoms with van der Waals surface area (Å²) in [4.78, 5) is 28.7. The SMILES string of the molecule is O=C(NC1CN2CCC1CC2)c1cc(=O)c(Cl)c[nH]1. The average Bonchev–Trinajstić information content (AvgIpc) is 2.43. The Morgan fingerprint density at radius 1 is 1.42 bits per heavy atom. The molecule has 5 nitrogen and oxygen atoms in total. The smallest absolute Gasteiger partial charge is 0.268 e. The van der Waals surface area contributed by atoms with E-state index in [0.717, 1.165) is 32.5 Å². The van der Waals surface area contributed by atoms with E-state index in [0.29, 0.717) is 5.92 Å². The fourth-order valence-corrected chi connectivity index (χ4v) is 3.07. The van der Waals surface area contributed by atoms with Crippen molar-refractivity contribution < 1.29 is 4.79 Å². The van der Waals surface area contributed by atoms with Crippen LogP contribution in [0.3, 0.4) is 0 Å². The lowest BCUT2D eigenvalue weighted by Crippen LogP contribution is -2.57. The maximum absolute atomic E-state index is 12.1. The lowest BCUT2D eigenvalue weighted by Gasteiger charge is -2.44. The van der Waals surface area contributed by atoms with Gasteiger partial charge in [-0.1, -0.05) is 11.6 Å². The third-order valence-electron chi connectivity index (χ3n) is 4.08. The number of carbonyl (C=O) groups excluding carboxylic acids is 1. The second-order valence-electron chi connectivity index (χ2n) is 5.28. The highest BCUT2D eigenvalue weighted by Crippen LogP contribution is 2.27. The van der Waals surface area contributed by atoms with E-state index in [2.05, 4.69) is 15.2 Å². The molecular weight excluding hydrogens is 266 g/mol. The van der Waals surface area contributed by atoms with Crippen LogP contribution in [-0.2, 0) is 0 Å². The number of amides is 1. The number of rotatable bonds is 2. The first-order valence-corrected chi connectivity index (χ1v) is 6.93. The predicted molar refractivity (Wildman–Crippen MR) is 72.5 cm³/mol. The Labute approximate surface area is 115 Å². The summed E-state index contributed by atoms with van der Waals surface area (Å²) in [5, 5.41) is 3.12. The fraction of sp³-hybridized carbons (Fsp3) is 0.538. The zero-order valence-corrected chi connectivity index (χ0v) is 11.2. The second kappa shape index (κ2) is 4.98. The summed E-state index contributed by atoms with van der Waals surface area (Å²) in [6, 6.07) is 1.44. The maximum Gasteiger partial charge on any atom is 0.268 e. The number of nitrogens with zero attached hydrogens (tertiary/aromatic N) is 1. The molecule has 3 aliphatic heterocycles. The number of piperidine rings is 3. The monoisotopic (exact) mass is 281 g/mol. The largest absolute Gasteiger partial charge is 0.356 e. The molecule has 0 aromatic carbocycles. The van der Waals surface area contributed by atoms with Crippen LogP contribution in [0.5, 0.6) is 0 Å². The summed E-state index contributed by atoms with van der Waals surface area (Å²) in [5.41, 5.74) is -0.0645. The summed E-state index contributed by atoms with van der Waals surface area (Å²) in [7, 11) is 0. The number of fused-ring (bicyclic) bond motifs is 3. The first-order chi connectivity index (χ1) is 9.13. The summed E-state index contributed by atoms with van der Waals surface area (Å²) in [6.45, 7) is 3.18. The van der Waals surface area contributed by atoms with Crippen molar-refractivity contribution in [1.82, 2.24) is 15.2 Å². The van der Waals surface area contributed by atoms with Crippen LogP contribution in [0.25, 0.3) is 0 Å². The summed E-state index contributed by atoms with van der Waals surface area (Å²) in [6.07, 6.45) is 3.64. The topological polar surface area (TPSA) is 65.2 Å². The summed E-state index contributed by atoms with van der Waals surface area (Å²) < 4.78 is 0. The zero-order chi connectivity index (χ0) is 13.4. The Bertz CT molecular complexity index is 549. The molecule has 6 heteroatoms. The van der Waals surface area contributed by atoms with Crippen molar-refractivity contribution in [3.8, 4) is 0 Å². The van der Waals surface area contributed by atoms with Crippen LogP contribution in [0.4, 0.5) is 0 Å². The van der Waals surface area contributed by atoms with Crippen molar-refractivity contribution in [3.63, 3.8) is 0 Å². The third kappa shape index (κ3) is 2.53. The lowest BCUT2D eigenvalue weighted by molar-refractivity contribution is 0.0617. The van der Waals surface area contributed by atoms with Crippen molar-refractivity contribution in [3.05, 3.63) is 33.2 Å². The first-order valence-electron chi connectivity index (χ1n) is 6.55. The molecule has 1 amide bonds. The van der Waals surface area contributed by atoms with E-state index in [1.165, 1.54) is 12.3 Å². The van der Waals surface area contributed by atoms with Gasteiger partial charge in [0.25, 0.3) is 5.91 Å². The van der Waals surface area contributed by atoms with Crippen LogP contribution in [0, 0.1) is 5.92 Å². The number of carbonyl (C=O) groups is 1. The highest BCUT2D eigenvalue weighted by Gasteiger charge is 2.35. The molecule has 1 unspecified atom stereocenters. The predicted octanol–water partition coefficient (Wildman–Crippen LogP) is 0.852. The molecule has 0 saturated carbocycles. The Morgan fingerprint density at radius 3 is 2.74 bits per heavy atom. The molecule has 3 saturated heterocycles. The van der Waals surface area contributed by atoms with Crippen LogP contribution in [0.15, 0.2) is 17.1 Å². The van der Waals surface area contributed by atoms with Crippen LogP contribution in [0.2, 0.25) is 5.02 Å². The van der Waals surface area contributed by atoms with E-state index in [1.807, 2.05) is 0 Å². The molecular formula is C13H16ClN3O2. The number of nitrogens with one attached hydrogen (secondary N) is 2. The third-order valence-corrected chi connectivity index (χ3v) is 4.38. The molecule has 1 aromatic heterocycles. The van der Waals surface area contributed by atoms with E-state index < -0.39 is 0 Å². The van der Waals surface area contributed by atoms with Crippen molar-refractivity contribution >= 4 is 17.5 Å². The van der Waals surface area contributed by atoms with Gasteiger partial charge in [-0.2, -0.15) is 0 Å². The normalized spacial score (nSPS) is 29.2. The summed E-state index contributed by atoms with van der Waals surface area (Å²) in [5.74, 6) is 0.334. The van der Waals surface area contributed by atoms with Gasteiger partial charge in [-0.25, -0.2) is 0 Å². The van der Waals surface area contributed by atoms with E-state index >= 15 is 0 Å². The summed E-state index contributed by atoms with van der Waals surface area (Å²) >= 11 is 5.65. The van der Waals surface area contributed by atoms with Gasteiger partial charge < -0.3 is 15.2 Å². The van der Waals surface area contributed by atoms with Gasteiger partial charge in [0, 0.05) is 24.8 Å². The Morgan fingerprint density at radius 2 is 2.16 bits per heavy atom. The van der Waals surface area contributed by atoms with E-state index in [-0.39, 0.29) is 28.1 Å². The second-order valence-corrected chi connectivity index (χ2v) is 5.68. The Balaban J connectivity index is 1.71. The Hall–Kier alpha value is -1.33. The van der Waals surface area contributed by atoms with Gasteiger partial charge in [-0.15, -0.1) is 0 Å². The molecule has 102 valence electrons. The van der Waals surface area contributed by atoms with Gasteiger partial charge in [-0.05, 0) is 31.8 Å². The molecule has 19 heavy (non-hydrogen) atoms. The van der Waals surface area contributed by atoms with Crippen molar-refractivity contribution in [2.75, 3.05) is 19.6 Å². The van der Waals surface area contributed by atoms with E-state index in [1.54, 1.807) is 0 Å². The van der Waals surface area contributed by atoms with Gasteiger partial charge in [0.1, 0.15) is 10.7 Å². The minimum atomic E-state index is -0.334. The number of aromatic nitrogens is 1. The molecule has 2 bridgehead atoms. The molecule has 4 heterocycles. The number of H-pyrrole nitrogens is 1. The molecule has 1 aromatic rings. The minimum absolute atomic E-state index is 0.0967. The van der Waals surface area contributed by atoms with Crippen LogP contribution >= 0.6 is 11.6 Å². The van der Waals surface area contributed by atoms with Crippen molar-refractivity contribution in [1.29, 1.82) is 0 Å². The highest BCUT2D eigenvalue weighted by atomic mass is 35.5. The number of hydrogen-bond acceptors (Lipinski definition) is 3. The number of pyridine rings is 1. The Kier molecular flexibility index (Phi) is 3.33. The van der Waals surface area contributed by atoms with Crippen molar-refractivity contribution in [2.24, 2.45) is 5.92 Å². The average molecular weight is 282 g/mol. The number of aromatic amines is 1. The zero-order valence-electron chi connectivity index (χ0n) is 10.5. The molecule has 2 N–H and O–H groups in total. The van der Waals surface area contributed by atoms with Crippen LogP contribution in [0.1, 0.15) is 23.3 Å². The van der Waals surface area contributed by atoms with Gasteiger partial charge in [-0.3, -0.25) is 9.59 Å². The van der Waals surface area contributed by atoms with Gasteiger partial charge in [0.15, 0.2) is 0 Å². The number of halogens is 1. The standard InChI is InChI=1S/C13H16ClN3O2/c14-9-6-15-10(5-12(9)18)13(19)16-11-7-17-3-1-8(11)2-4-17/h5-6,8,11H,1-4,7H2,(H,15,18)(H,16,19). The molecule has 0 aliphatic carbocycles. The molecule has 3 aliphatic rings. The van der Waals surface area contributed by atoms with Gasteiger partial charge in [0.2, 0.25) is 5.43 Å². The first kappa shape index (κ1) is 12.7. The van der Waals surface area contributed by atoms with Gasteiger partial charge >= 0.3 is 0 Å². The van der Waals surface area contributed by atoms with Gasteiger partial charge in [0.05, 0.1) is 0 Å². The van der Waals surface area contributed by atoms with Crippen LogP contribution < -0.4 is 10.7 Å².